The van der Waals surface area contributed by atoms with Crippen molar-refractivity contribution >= 4 is 11.7 Å². The maximum absolute atomic E-state index is 13.0. The van der Waals surface area contributed by atoms with Crippen LogP contribution in [0.4, 0.5) is 5.69 Å². The predicted octanol–water partition coefficient (Wildman–Crippen LogP) is 4.99. The maximum Gasteiger partial charge on any atom is 0.343 e. The molecule has 6 rings (SSSR count). The Morgan fingerprint density at radius 1 is 1.12 bits per heavy atom. The van der Waals surface area contributed by atoms with Crippen LogP contribution in [-0.4, -0.2) is 30.2 Å². The number of benzene rings is 1. The van der Waals surface area contributed by atoms with E-state index in [0.29, 0.717) is 0 Å². The molecule has 1 saturated heterocycles. The van der Waals surface area contributed by atoms with Crippen LogP contribution < -0.4 is 10.3 Å². The third-order valence-corrected chi connectivity index (χ3v) is 7.64. The van der Waals surface area contributed by atoms with Crippen molar-refractivity contribution in [1.82, 2.24) is 4.57 Å². The zero-order chi connectivity index (χ0) is 22.6. The van der Waals surface area contributed by atoms with Gasteiger partial charge in [-0.2, -0.15) is 0 Å². The second-order valence-electron chi connectivity index (χ2n) is 9.51. The van der Waals surface area contributed by atoms with Crippen LogP contribution in [0.5, 0.6) is 0 Å². The average molecular weight is 445 g/mol. The van der Waals surface area contributed by atoms with Crippen molar-refractivity contribution in [3.63, 3.8) is 0 Å². The summed E-state index contributed by atoms with van der Waals surface area (Å²) in [4.78, 5) is 27.9. The van der Waals surface area contributed by atoms with Gasteiger partial charge in [-0.05, 0) is 69.2 Å². The van der Waals surface area contributed by atoms with Crippen LogP contribution in [0.1, 0.15) is 54.9 Å². The number of hydrogen-bond acceptors (Lipinski definition) is 5. The van der Waals surface area contributed by atoms with Gasteiger partial charge in [-0.15, -0.1) is 0 Å². The van der Waals surface area contributed by atoms with Crippen LogP contribution in [0.25, 0.3) is 22.4 Å². The molecule has 4 heterocycles. The SMILES string of the molecule is CCOC(=O)c1cn2c(cc1=O)-c1cc(N3CCCC3)c(-c3ccoc3)cc1CC21CCC1. The fourth-order valence-corrected chi connectivity index (χ4v) is 5.82. The summed E-state index contributed by atoms with van der Waals surface area (Å²) in [5.41, 5.74) is 6.50. The Kier molecular flexibility index (Phi) is 4.71. The molecule has 0 N–H and O–H groups in total. The molecule has 170 valence electrons. The lowest BCUT2D eigenvalue weighted by Crippen LogP contribution is -2.46. The van der Waals surface area contributed by atoms with Crippen molar-refractivity contribution in [2.45, 2.75) is 51.0 Å². The van der Waals surface area contributed by atoms with E-state index in [1.807, 2.05) is 12.3 Å². The molecule has 3 aromatic rings. The molecule has 0 radical (unpaired) electrons. The van der Waals surface area contributed by atoms with E-state index in [1.165, 1.54) is 29.7 Å². The molecule has 0 amide bonds. The van der Waals surface area contributed by atoms with Gasteiger partial charge in [-0.3, -0.25) is 4.79 Å². The highest BCUT2D eigenvalue weighted by atomic mass is 16.5. The molecule has 2 aliphatic heterocycles. The normalized spacial score (nSPS) is 18.0. The highest BCUT2D eigenvalue weighted by Crippen LogP contribution is 2.50. The number of rotatable bonds is 4. The number of esters is 1. The van der Waals surface area contributed by atoms with Gasteiger partial charge in [0, 0.05) is 53.3 Å². The summed E-state index contributed by atoms with van der Waals surface area (Å²) in [6.45, 7) is 4.07. The molecule has 3 aliphatic rings. The Labute approximate surface area is 192 Å². The largest absolute Gasteiger partial charge is 0.472 e. The van der Waals surface area contributed by atoms with E-state index in [4.69, 9.17) is 9.15 Å². The van der Waals surface area contributed by atoms with Crippen molar-refractivity contribution < 1.29 is 13.9 Å². The number of carbonyl (C=O) groups is 1. The first-order valence-corrected chi connectivity index (χ1v) is 12.0. The number of nitrogens with zero attached hydrogens (tertiary/aromatic N) is 2. The Morgan fingerprint density at radius 3 is 2.61 bits per heavy atom. The second kappa shape index (κ2) is 7.65. The molecule has 1 saturated carbocycles. The van der Waals surface area contributed by atoms with Gasteiger partial charge in [0.15, 0.2) is 5.43 Å². The van der Waals surface area contributed by atoms with E-state index in [1.54, 1.807) is 25.5 Å². The number of hydrogen-bond donors (Lipinski definition) is 0. The molecule has 6 heteroatoms. The van der Waals surface area contributed by atoms with Crippen LogP contribution in [0.2, 0.25) is 0 Å². The van der Waals surface area contributed by atoms with Crippen molar-refractivity contribution in [3.8, 4) is 22.4 Å². The fraction of sp³-hybridized carbons (Fsp3) is 0.407. The second-order valence-corrected chi connectivity index (χ2v) is 9.51. The minimum atomic E-state index is -0.536. The van der Waals surface area contributed by atoms with Gasteiger partial charge < -0.3 is 18.6 Å². The van der Waals surface area contributed by atoms with Gasteiger partial charge in [0.05, 0.1) is 24.8 Å². The van der Waals surface area contributed by atoms with Crippen LogP contribution in [0.3, 0.4) is 0 Å². The quantitative estimate of drug-likeness (QED) is 0.531. The van der Waals surface area contributed by atoms with E-state index in [-0.39, 0.29) is 23.1 Å². The number of aromatic nitrogens is 1. The number of fused-ring (bicyclic) bond motifs is 4. The van der Waals surface area contributed by atoms with Crippen molar-refractivity contribution in [2.24, 2.45) is 0 Å². The molecular formula is C27H28N2O4. The first-order valence-electron chi connectivity index (χ1n) is 12.0. The van der Waals surface area contributed by atoms with Crippen LogP contribution >= 0.6 is 0 Å². The Bertz CT molecular complexity index is 1280. The van der Waals surface area contributed by atoms with E-state index in [0.717, 1.165) is 55.6 Å². The minimum absolute atomic E-state index is 0.0832. The molecule has 33 heavy (non-hydrogen) atoms. The standard InChI is InChI=1S/C27H28N2O4/c1-2-33-26(31)22-16-29-24(14-25(22)30)21-13-23(28-9-3-4-10-28)20(18-6-11-32-17-18)12-19(21)15-27(29)7-5-8-27/h6,11-14,16-17H,2-5,7-10,15H2,1H3. The van der Waals surface area contributed by atoms with Gasteiger partial charge in [0.1, 0.15) is 5.56 Å². The smallest absolute Gasteiger partial charge is 0.343 e. The Hall–Kier alpha value is -3.28. The third-order valence-electron chi connectivity index (χ3n) is 7.64. The minimum Gasteiger partial charge on any atom is -0.472 e. The molecular weight excluding hydrogens is 416 g/mol. The van der Waals surface area contributed by atoms with Gasteiger partial charge in [0.2, 0.25) is 0 Å². The molecule has 2 aromatic heterocycles. The van der Waals surface area contributed by atoms with E-state index in [9.17, 15) is 9.59 Å². The monoisotopic (exact) mass is 444 g/mol. The van der Waals surface area contributed by atoms with Crippen molar-refractivity contribution in [3.05, 3.63) is 64.3 Å². The molecule has 0 bridgehead atoms. The number of ether oxygens (including phenoxy) is 1. The van der Waals surface area contributed by atoms with E-state index >= 15 is 0 Å². The summed E-state index contributed by atoms with van der Waals surface area (Å²) in [6, 6.07) is 8.23. The summed E-state index contributed by atoms with van der Waals surface area (Å²) in [7, 11) is 0. The number of pyridine rings is 1. The van der Waals surface area contributed by atoms with Gasteiger partial charge >= 0.3 is 5.97 Å². The highest BCUT2D eigenvalue weighted by Gasteiger charge is 2.44. The van der Waals surface area contributed by atoms with Gasteiger partial charge in [0.25, 0.3) is 0 Å². The summed E-state index contributed by atoms with van der Waals surface area (Å²) >= 11 is 0. The highest BCUT2D eigenvalue weighted by molar-refractivity contribution is 5.90. The Balaban J connectivity index is 1.57. The van der Waals surface area contributed by atoms with Crippen LogP contribution in [0, 0.1) is 0 Å². The summed E-state index contributed by atoms with van der Waals surface area (Å²) < 4.78 is 12.8. The first kappa shape index (κ1) is 20.3. The molecule has 1 spiro atoms. The lowest BCUT2D eigenvalue weighted by molar-refractivity contribution is 0.0521. The summed E-state index contributed by atoms with van der Waals surface area (Å²) in [6.07, 6.45) is 11.8. The number of carbonyl (C=O) groups excluding carboxylic acids is 1. The van der Waals surface area contributed by atoms with Crippen LogP contribution in [0.15, 0.2) is 52.2 Å². The molecule has 6 nitrogen and oxygen atoms in total. The van der Waals surface area contributed by atoms with E-state index < -0.39 is 5.97 Å². The number of furan rings is 1. The fourth-order valence-electron chi connectivity index (χ4n) is 5.82. The first-order chi connectivity index (χ1) is 16.1. The molecule has 1 aromatic carbocycles. The third kappa shape index (κ3) is 3.15. The summed E-state index contributed by atoms with van der Waals surface area (Å²) in [5, 5.41) is 0. The zero-order valence-electron chi connectivity index (χ0n) is 18.9. The number of anilines is 1. The van der Waals surface area contributed by atoms with Gasteiger partial charge in [-0.25, -0.2) is 4.79 Å². The average Bonchev–Trinajstić information content (AvgIpc) is 3.50. The van der Waals surface area contributed by atoms with Gasteiger partial charge in [-0.1, -0.05) is 0 Å². The zero-order valence-corrected chi connectivity index (χ0v) is 18.9. The molecule has 0 unspecified atom stereocenters. The van der Waals surface area contributed by atoms with Crippen molar-refractivity contribution in [2.75, 3.05) is 24.6 Å². The molecule has 1 aliphatic carbocycles. The predicted molar refractivity (Wildman–Crippen MR) is 127 cm³/mol. The topological polar surface area (TPSA) is 64.7 Å². The lowest BCUT2D eigenvalue weighted by Gasteiger charge is -2.49. The van der Waals surface area contributed by atoms with Crippen molar-refractivity contribution in [1.29, 1.82) is 0 Å². The van der Waals surface area contributed by atoms with Crippen LogP contribution in [-0.2, 0) is 16.7 Å². The summed E-state index contributed by atoms with van der Waals surface area (Å²) in [5.74, 6) is -0.536. The lowest BCUT2D eigenvalue weighted by atomic mass is 9.69. The molecule has 0 atom stereocenters. The maximum atomic E-state index is 13.0. The molecule has 2 fully saturated rings. The Morgan fingerprint density at radius 2 is 1.94 bits per heavy atom. The van der Waals surface area contributed by atoms with E-state index in [2.05, 4.69) is 21.6 Å².